The van der Waals surface area contributed by atoms with Crippen molar-refractivity contribution in [3.63, 3.8) is 0 Å². The summed E-state index contributed by atoms with van der Waals surface area (Å²) in [7, 11) is -0.985. The molecule has 0 N–H and O–H groups in total. The Labute approximate surface area is 79.9 Å². The molecule has 1 aromatic rings. The van der Waals surface area contributed by atoms with Gasteiger partial charge in [-0.3, -0.25) is 0 Å². The van der Waals surface area contributed by atoms with Gasteiger partial charge in [-0.15, -0.1) is 0 Å². The average molecular weight is 192 g/mol. The monoisotopic (exact) mass is 192 g/mol. The number of hydrogen-bond acceptors (Lipinski definition) is 1. The van der Waals surface area contributed by atoms with Crippen molar-refractivity contribution in [3.05, 3.63) is 35.9 Å². The predicted octanol–water partition coefficient (Wildman–Crippen LogP) is 1.95. The van der Waals surface area contributed by atoms with E-state index in [4.69, 9.17) is 0 Å². The topological polar surface area (TPSA) is 23.1 Å². The van der Waals surface area contributed by atoms with Gasteiger partial charge >= 0.3 is 0 Å². The van der Waals surface area contributed by atoms with E-state index in [9.17, 15) is 4.89 Å². The van der Waals surface area contributed by atoms with Gasteiger partial charge in [-0.1, -0.05) is 30.3 Å². The summed E-state index contributed by atoms with van der Waals surface area (Å²) in [5, 5.41) is 1.27. The second-order valence-electron chi connectivity index (χ2n) is 3.43. The fraction of sp³-hybridized carbons (Fsp3) is 0.364. The zero-order valence-corrected chi connectivity index (χ0v) is 8.47. The molecule has 1 aliphatic heterocycles. The molecule has 2 rings (SSSR count). The highest BCUT2D eigenvalue weighted by atomic mass is 31.1. The zero-order valence-electron chi connectivity index (χ0n) is 7.57. The predicted molar refractivity (Wildman–Crippen MR) is 56.2 cm³/mol. The van der Waals surface area contributed by atoms with E-state index in [1.54, 1.807) is 0 Å². The lowest BCUT2D eigenvalue weighted by atomic mass is 10.1. The van der Waals surface area contributed by atoms with E-state index >= 15 is 0 Å². The van der Waals surface area contributed by atoms with Crippen molar-refractivity contribution >= 4 is 13.1 Å². The van der Waals surface area contributed by atoms with Crippen molar-refractivity contribution in [1.29, 1.82) is 0 Å². The highest BCUT2D eigenvalue weighted by molar-refractivity contribution is 7.52. The third-order valence-electron chi connectivity index (χ3n) is 2.43. The molecule has 0 fully saturated rings. The molecule has 1 aromatic carbocycles. The standard InChI is InChI=1S/C11H13OP/c12-13-8-4-7-11(13)9-10-5-2-1-3-6-10/h1-3,5-6H,4,7-9H2. The van der Waals surface area contributed by atoms with Crippen LogP contribution in [-0.4, -0.2) is 11.5 Å². The van der Waals surface area contributed by atoms with E-state index in [2.05, 4.69) is 12.1 Å². The number of rotatable bonds is 2. The Morgan fingerprint density at radius 3 is 2.62 bits per heavy atom. The van der Waals surface area contributed by atoms with Crippen LogP contribution < -0.4 is 4.89 Å². The SMILES string of the molecule is [O-][P+]1=C(Cc2ccccc2)CCC1. The minimum absolute atomic E-state index is 0.914. The number of hydrogen-bond donors (Lipinski definition) is 0. The largest absolute Gasteiger partial charge is 0.630 e. The molecule has 0 aromatic heterocycles. The van der Waals surface area contributed by atoms with Gasteiger partial charge in [0.1, 0.15) is 6.16 Å². The fourth-order valence-electron chi connectivity index (χ4n) is 1.72. The summed E-state index contributed by atoms with van der Waals surface area (Å²) < 4.78 is 0. The third-order valence-corrected chi connectivity index (χ3v) is 4.24. The summed E-state index contributed by atoms with van der Waals surface area (Å²) in [6.45, 7) is 0. The molecule has 0 aliphatic carbocycles. The van der Waals surface area contributed by atoms with Crippen LogP contribution in [0.15, 0.2) is 30.3 Å². The summed E-state index contributed by atoms with van der Waals surface area (Å²) >= 11 is 0. The smallest absolute Gasteiger partial charge is 0.103 e. The van der Waals surface area contributed by atoms with Crippen molar-refractivity contribution in [3.8, 4) is 0 Å². The summed E-state index contributed by atoms with van der Waals surface area (Å²) in [5.74, 6) is 0. The molecule has 0 radical (unpaired) electrons. The van der Waals surface area contributed by atoms with Gasteiger partial charge < -0.3 is 4.89 Å². The first-order chi connectivity index (χ1) is 6.36. The van der Waals surface area contributed by atoms with Gasteiger partial charge in [0.05, 0.1) is 5.29 Å². The Balaban J connectivity index is 2.11. The molecule has 1 atom stereocenters. The maximum Gasteiger partial charge on any atom is 0.103 e. The van der Waals surface area contributed by atoms with E-state index in [0.717, 1.165) is 25.4 Å². The molecule has 0 amide bonds. The maximum absolute atomic E-state index is 11.5. The molecule has 68 valence electrons. The summed E-state index contributed by atoms with van der Waals surface area (Å²) in [4.78, 5) is 11.5. The van der Waals surface area contributed by atoms with Gasteiger partial charge in [0.25, 0.3) is 0 Å². The molecule has 0 spiro atoms. The number of benzene rings is 1. The Hall–Kier alpha value is -0.650. The normalized spacial score (nSPS) is 19.5. The highest BCUT2D eigenvalue weighted by Gasteiger charge is 2.17. The van der Waals surface area contributed by atoms with Crippen molar-refractivity contribution in [1.82, 2.24) is 0 Å². The van der Waals surface area contributed by atoms with Crippen LogP contribution in [0, 0.1) is 0 Å². The second-order valence-corrected chi connectivity index (χ2v) is 5.27. The van der Waals surface area contributed by atoms with Crippen LogP contribution in [0.4, 0.5) is 0 Å². The quantitative estimate of drug-likeness (QED) is 0.657. The Morgan fingerprint density at radius 1 is 1.23 bits per heavy atom. The van der Waals surface area contributed by atoms with Crippen LogP contribution in [0.5, 0.6) is 0 Å². The summed E-state index contributed by atoms with van der Waals surface area (Å²) in [6, 6.07) is 10.3. The molecule has 13 heavy (non-hydrogen) atoms. The lowest BCUT2D eigenvalue weighted by Gasteiger charge is -1.99. The van der Waals surface area contributed by atoms with Crippen LogP contribution in [0.2, 0.25) is 0 Å². The second kappa shape index (κ2) is 4.04. The van der Waals surface area contributed by atoms with Gasteiger partial charge in [-0.25, -0.2) is 0 Å². The van der Waals surface area contributed by atoms with Crippen LogP contribution in [-0.2, 0) is 6.42 Å². The van der Waals surface area contributed by atoms with Gasteiger partial charge in [-0.2, -0.15) is 0 Å². The van der Waals surface area contributed by atoms with Crippen molar-refractivity contribution in [2.24, 2.45) is 0 Å². The Morgan fingerprint density at radius 2 is 2.00 bits per heavy atom. The van der Waals surface area contributed by atoms with Crippen LogP contribution in [0.3, 0.4) is 0 Å². The minimum atomic E-state index is -0.985. The van der Waals surface area contributed by atoms with Crippen molar-refractivity contribution in [2.45, 2.75) is 19.3 Å². The third kappa shape index (κ3) is 2.18. The molecule has 0 saturated heterocycles. The summed E-state index contributed by atoms with van der Waals surface area (Å²) in [6.07, 6.45) is 4.04. The van der Waals surface area contributed by atoms with Gasteiger partial charge in [0.2, 0.25) is 0 Å². The molecule has 0 saturated carbocycles. The first kappa shape index (κ1) is 8.93. The van der Waals surface area contributed by atoms with Gasteiger partial charge in [0, 0.05) is 20.6 Å². The zero-order chi connectivity index (χ0) is 9.10. The molecular weight excluding hydrogens is 179 g/mol. The average Bonchev–Trinajstić information content (AvgIpc) is 2.54. The van der Waals surface area contributed by atoms with Crippen LogP contribution in [0.25, 0.3) is 0 Å². The molecule has 0 bridgehead atoms. The molecule has 1 heterocycles. The van der Waals surface area contributed by atoms with E-state index in [-0.39, 0.29) is 0 Å². The Kier molecular flexibility index (Phi) is 2.77. The van der Waals surface area contributed by atoms with Crippen LogP contribution >= 0.6 is 7.77 Å². The molecule has 1 aliphatic rings. The molecule has 2 heteroatoms. The lowest BCUT2D eigenvalue weighted by Crippen LogP contribution is -2.01. The highest BCUT2D eigenvalue weighted by Crippen LogP contribution is 2.28. The van der Waals surface area contributed by atoms with Gasteiger partial charge in [0.15, 0.2) is 0 Å². The fourth-order valence-corrected chi connectivity index (χ4v) is 3.25. The molecule has 1 nitrogen and oxygen atoms in total. The molecule has 1 unspecified atom stereocenters. The van der Waals surface area contributed by atoms with E-state index in [0.29, 0.717) is 0 Å². The van der Waals surface area contributed by atoms with E-state index < -0.39 is 7.77 Å². The van der Waals surface area contributed by atoms with Crippen LogP contribution in [0.1, 0.15) is 18.4 Å². The summed E-state index contributed by atoms with van der Waals surface area (Å²) in [5.41, 5.74) is 1.29. The van der Waals surface area contributed by atoms with Crippen molar-refractivity contribution in [2.75, 3.05) is 6.16 Å². The first-order valence-corrected chi connectivity index (χ1v) is 6.14. The molecular formula is C11H13OP. The van der Waals surface area contributed by atoms with Crippen molar-refractivity contribution < 1.29 is 4.89 Å². The first-order valence-electron chi connectivity index (χ1n) is 4.69. The van der Waals surface area contributed by atoms with E-state index in [1.807, 2.05) is 18.2 Å². The lowest BCUT2D eigenvalue weighted by molar-refractivity contribution is -0.152. The van der Waals surface area contributed by atoms with E-state index in [1.165, 1.54) is 10.9 Å². The maximum atomic E-state index is 11.5. The minimum Gasteiger partial charge on any atom is -0.630 e. The Bertz CT molecular complexity index is 316. The van der Waals surface area contributed by atoms with Gasteiger partial charge in [-0.05, 0) is 12.0 Å².